The predicted molar refractivity (Wildman–Crippen MR) is 43.2 cm³/mol. The summed E-state index contributed by atoms with van der Waals surface area (Å²) in [5.41, 5.74) is 4.65. The highest BCUT2D eigenvalue weighted by molar-refractivity contribution is 7.98. The van der Waals surface area contributed by atoms with Gasteiger partial charge in [-0.15, -0.1) is 0 Å². The number of nitrogens with two attached hydrogens (primary N) is 1. The average Bonchev–Trinajstić information content (AvgIpc) is 1.98. The summed E-state index contributed by atoms with van der Waals surface area (Å²) in [6.07, 6.45) is 0.907. The highest BCUT2D eigenvalue weighted by atomic mass is 32.2. The molecular weight excluding hydrogens is 166 g/mol. The summed E-state index contributed by atoms with van der Waals surface area (Å²) in [5.74, 6) is -1.34. The van der Waals surface area contributed by atoms with Gasteiger partial charge in [-0.05, 0) is 18.4 Å². The zero-order chi connectivity index (χ0) is 8.85. The molecule has 1 amide bonds. The quantitative estimate of drug-likeness (QED) is 0.536. The van der Waals surface area contributed by atoms with E-state index >= 15 is 0 Å². The maximum atomic E-state index is 10.6. The van der Waals surface area contributed by atoms with E-state index in [4.69, 9.17) is 5.11 Å². The third kappa shape index (κ3) is 4.00. The first-order chi connectivity index (χ1) is 5.09. The molecule has 0 aromatic carbocycles. The van der Waals surface area contributed by atoms with Gasteiger partial charge >= 0.3 is 0 Å². The minimum absolute atomic E-state index is 0.281. The minimum atomic E-state index is -1.22. The predicted octanol–water partition coefficient (Wildman–Crippen LogP) is -0.845. The van der Waals surface area contributed by atoms with E-state index in [1.165, 1.54) is 11.8 Å². The Balaban J connectivity index is 3.73. The first-order valence-electron chi connectivity index (χ1n) is 3.10. The molecule has 4 nitrogen and oxygen atoms in total. The van der Waals surface area contributed by atoms with Gasteiger partial charge in [0, 0.05) is 0 Å². The Kier molecular flexibility index (Phi) is 4.89. The number of primary amides is 1. The van der Waals surface area contributed by atoms with E-state index in [9.17, 15) is 9.59 Å². The number of amides is 1. The normalized spacial score (nSPS) is 12.5. The van der Waals surface area contributed by atoms with Crippen LogP contribution in [0.5, 0.6) is 0 Å². The van der Waals surface area contributed by atoms with Gasteiger partial charge in [-0.3, -0.25) is 9.59 Å². The molecule has 0 fully saturated rings. The van der Waals surface area contributed by atoms with E-state index in [-0.39, 0.29) is 6.42 Å². The van der Waals surface area contributed by atoms with Gasteiger partial charge in [0.2, 0.25) is 5.78 Å². The smallest absolute Gasteiger partial charge is 0.287 e. The van der Waals surface area contributed by atoms with Crippen LogP contribution in [-0.2, 0) is 9.59 Å². The number of ketones is 1. The van der Waals surface area contributed by atoms with Crippen molar-refractivity contribution in [3.05, 3.63) is 0 Å². The first kappa shape index (κ1) is 10.4. The van der Waals surface area contributed by atoms with Crippen molar-refractivity contribution >= 4 is 23.5 Å². The topological polar surface area (TPSA) is 80.4 Å². The van der Waals surface area contributed by atoms with Gasteiger partial charge in [0.15, 0.2) is 0 Å². The van der Waals surface area contributed by atoms with Gasteiger partial charge in [-0.25, -0.2) is 0 Å². The van der Waals surface area contributed by atoms with Crippen molar-refractivity contribution in [1.29, 1.82) is 0 Å². The van der Waals surface area contributed by atoms with Crippen molar-refractivity contribution in [2.24, 2.45) is 5.73 Å². The highest BCUT2D eigenvalue weighted by Crippen LogP contribution is 2.00. The SMILES string of the molecule is CSCCC(O)C(=O)C(N)=O. The number of carbonyl (C=O) groups excluding carboxylic acids is 2. The lowest BCUT2D eigenvalue weighted by atomic mass is 10.2. The molecule has 0 rings (SSSR count). The van der Waals surface area contributed by atoms with Gasteiger partial charge in [-0.2, -0.15) is 11.8 Å². The maximum absolute atomic E-state index is 10.6. The summed E-state index contributed by atoms with van der Waals surface area (Å²) >= 11 is 1.49. The molecule has 5 heteroatoms. The first-order valence-corrected chi connectivity index (χ1v) is 4.49. The number of aliphatic hydroxyl groups is 1. The Morgan fingerprint density at radius 1 is 1.64 bits per heavy atom. The fourth-order valence-electron chi connectivity index (χ4n) is 0.525. The van der Waals surface area contributed by atoms with Crippen molar-refractivity contribution < 1.29 is 14.7 Å². The molecule has 0 saturated heterocycles. The summed E-state index contributed by atoms with van der Waals surface area (Å²) in [6, 6.07) is 0. The molecule has 11 heavy (non-hydrogen) atoms. The lowest BCUT2D eigenvalue weighted by molar-refractivity contribution is -0.141. The van der Waals surface area contributed by atoms with Crippen LogP contribution in [0.1, 0.15) is 6.42 Å². The van der Waals surface area contributed by atoms with Gasteiger partial charge in [0.25, 0.3) is 5.91 Å². The number of carbonyl (C=O) groups is 2. The number of hydrogen-bond acceptors (Lipinski definition) is 4. The Labute approximate surface area is 69.1 Å². The summed E-state index contributed by atoms with van der Waals surface area (Å²) in [5, 5.41) is 8.96. The number of rotatable bonds is 5. The number of thioether (sulfide) groups is 1. The number of aliphatic hydroxyl groups excluding tert-OH is 1. The molecule has 0 aliphatic heterocycles. The van der Waals surface area contributed by atoms with Crippen LogP contribution < -0.4 is 5.73 Å². The molecule has 0 aromatic heterocycles. The van der Waals surface area contributed by atoms with E-state index in [2.05, 4.69) is 5.73 Å². The summed E-state index contributed by atoms with van der Waals surface area (Å²) in [6.45, 7) is 0. The van der Waals surface area contributed by atoms with Crippen LogP contribution in [0.15, 0.2) is 0 Å². The standard InChI is InChI=1S/C6H11NO3S/c1-11-3-2-4(8)5(9)6(7)10/h4,8H,2-3H2,1H3,(H2,7,10). The second kappa shape index (κ2) is 5.15. The molecule has 0 saturated carbocycles. The maximum Gasteiger partial charge on any atom is 0.287 e. The van der Waals surface area contributed by atoms with E-state index in [0.29, 0.717) is 5.75 Å². The van der Waals surface area contributed by atoms with E-state index in [1.54, 1.807) is 0 Å². The second-order valence-electron chi connectivity index (χ2n) is 2.03. The molecule has 0 heterocycles. The van der Waals surface area contributed by atoms with Gasteiger partial charge < -0.3 is 10.8 Å². The summed E-state index contributed by atoms with van der Waals surface area (Å²) in [4.78, 5) is 20.8. The lowest BCUT2D eigenvalue weighted by Crippen LogP contribution is -2.34. The van der Waals surface area contributed by atoms with Crippen molar-refractivity contribution in [3.8, 4) is 0 Å². The Bertz CT molecular complexity index is 160. The van der Waals surface area contributed by atoms with Gasteiger partial charge in [0.1, 0.15) is 6.10 Å². The minimum Gasteiger partial charge on any atom is -0.385 e. The fourth-order valence-corrected chi connectivity index (χ4v) is 0.984. The van der Waals surface area contributed by atoms with Crippen LogP contribution in [0.3, 0.4) is 0 Å². The van der Waals surface area contributed by atoms with Crippen molar-refractivity contribution in [3.63, 3.8) is 0 Å². The Hall–Kier alpha value is -0.550. The summed E-state index contributed by atoms with van der Waals surface area (Å²) in [7, 11) is 0. The van der Waals surface area contributed by atoms with Crippen molar-refractivity contribution in [1.82, 2.24) is 0 Å². The van der Waals surface area contributed by atoms with Crippen molar-refractivity contribution in [2.75, 3.05) is 12.0 Å². The highest BCUT2D eigenvalue weighted by Gasteiger charge is 2.19. The van der Waals surface area contributed by atoms with Crippen LogP contribution >= 0.6 is 11.8 Å². The Morgan fingerprint density at radius 3 is 2.55 bits per heavy atom. The molecule has 0 aliphatic carbocycles. The molecule has 0 aliphatic rings. The van der Waals surface area contributed by atoms with Crippen LogP contribution in [0.25, 0.3) is 0 Å². The van der Waals surface area contributed by atoms with E-state index < -0.39 is 17.8 Å². The second-order valence-corrected chi connectivity index (χ2v) is 3.01. The molecule has 0 aromatic rings. The van der Waals surface area contributed by atoms with Gasteiger partial charge in [0.05, 0.1) is 0 Å². The Morgan fingerprint density at radius 2 is 2.18 bits per heavy atom. The molecule has 0 bridgehead atoms. The molecule has 1 unspecified atom stereocenters. The van der Waals surface area contributed by atoms with E-state index in [1.807, 2.05) is 6.26 Å². The molecule has 64 valence electrons. The zero-order valence-electron chi connectivity index (χ0n) is 6.24. The van der Waals surface area contributed by atoms with Crippen molar-refractivity contribution in [2.45, 2.75) is 12.5 Å². The third-order valence-corrected chi connectivity index (χ3v) is 1.78. The largest absolute Gasteiger partial charge is 0.385 e. The molecule has 0 radical (unpaired) electrons. The van der Waals surface area contributed by atoms with Gasteiger partial charge in [-0.1, -0.05) is 0 Å². The monoisotopic (exact) mass is 177 g/mol. The van der Waals surface area contributed by atoms with Crippen LogP contribution in [0.4, 0.5) is 0 Å². The number of hydrogen-bond donors (Lipinski definition) is 2. The average molecular weight is 177 g/mol. The number of Topliss-reactive ketones (excluding diaryl/α,β-unsaturated/α-hetero) is 1. The molecule has 0 spiro atoms. The van der Waals surface area contributed by atoms with E-state index in [0.717, 1.165) is 0 Å². The van der Waals surface area contributed by atoms with Crippen LogP contribution in [0.2, 0.25) is 0 Å². The van der Waals surface area contributed by atoms with Crippen LogP contribution in [-0.4, -0.2) is 34.9 Å². The molecule has 1 atom stereocenters. The summed E-state index contributed by atoms with van der Waals surface area (Å²) < 4.78 is 0. The zero-order valence-corrected chi connectivity index (χ0v) is 7.06. The lowest BCUT2D eigenvalue weighted by Gasteiger charge is -2.04. The van der Waals surface area contributed by atoms with Crippen LogP contribution in [0, 0.1) is 0 Å². The molecular formula is C6H11NO3S. The third-order valence-electron chi connectivity index (χ3n) is 1.14. The fraction of sp³-hybridized carbons (Fsp3) is 0.667. The molecule has 3 N–H and O–H groups in total.